The number of amides is 2. The zero-order valence-electron chi connectivity index (χ0n) is 16.5. The van der Waals surface area contributed by atoms with Crippen molar-refractivity contribution in [2.45, 2.75) is 33.1 Å². The fourth-order valence-electron chi connectivity index (χ4n) is 2.57. The number of carbonyl (C=O) groups excluding carboxylic acids is 1. The van der Waals surface area contributed by atoms with E-state index in [1.54, 1.807) is 0 Å². The van der Waals surface area contributed by atoms with Crippen LogP contribution in [0.4, 0.5) is 16.2 Å². The molecule has 5 nitrogen and oxygen atoms in total. The Labute approximate surface area is 156 Å². The number of nitrogens with one attached hydrogen (secondary N) is 2. The van der Waals surface area contributed by atoms with Crippen molar-refractivity contribution in [1.29, 1.82) is 0 Å². The van der Waals surface area contributed by atoms with Crippen molar-refractivity contribution in [2.24, 2.45) is 0 Å². The van der Waals surface area contributed by atoms with Crippen LogP contribution in [0.1, 0.15) is 31.9 Å². The second-order valence-corrected chi connectivity index (χ2v) is 7.61. The first-order valence-electron chi connectivity index (χ1n) is 8.73. The molecule has 0 fully saturated rings. The number of nitrogens with zero attached hydrogens (tertiary/aromatic N) is 1. The molecular formula is C21H29N3O2. The summed E-state index contributed by atoms with van der Waals surface area (Å²) in [5.74, 6) is 0.790. The summed E-state index contributed by atoms with van der Waals surface area (Å²) >= 11 is 0. The lowest BCUT2D eigenvalue weighted by atomic mass is 9.85. The first-order valence-corrected chi connectivity index (χ1v) is 8.73. The maximum atomic E-state index is 12.1. The van der Waals surface area contributed by atoms with E-state index in [2.05, 4.69) is 44.4 Å². The average molecular weight is 355 g/mol. The van der Waals surface area contributed by atoms with Gasteiger partial charge in [0, 0.05) is 25.5 Å². The molecule has 2 rings (SSSR count). The van der Waals surface area contributed by atoms with Crippen LogP contribution in [0.2, 0.25) is 0 Å². The van der Waals surface area contributed by atoms with Gasteiger partial charge in [-0.3, -0.25) is 0 Å². The van der Waals surface area contributed by atoms with Crippen LogP contribution in [0.15, 0.2) is 42.5 Å². The van der Waals surface area contributed by atoms with Crippen LogP contribution in [0.25, 0.3) is 0 Å². The molecule has 0 bridgehead atoms. The molecule has 2 aromatic carbocycles. The number of rotatable bonds is 5. The molecule has 0 spiro atoms. The van der Waals surface area contributed by atoms with E-state index < -0.39 is 0 Å². The molecule has 5 heteroatoms. The van der Waals surface area contributed by atoms with E-state index in [9.17, 15) is 4.79 Å². The zero-order valence-corrected chi connectivity index (χ0v) is 16.5. The van der Waals surface area contributed by atoms with Gasteiger partial charge in [-0.2, -0.15) is 0 Å². The van der Waals surface area contributed by atoms with Gasteiger partial charge in [0.15, 0.2) is 6.73 Å². The maximum absolute atomic E-state index is 12.1. The molecule has 2 N–H and O–H groups in total. The van der Waals surface area contributed by atoms with Crippen LogP contribution in [0.5, 0.6) is 5.75 Å². The monoisotopic (exact) mass is 355 g/mol. The maximum Gasteiger partial charge on any atom is 0.321 e. The molecule has 0 saturated carbocycles. The topological polar surface area (TPSA) is 53.6 Å². The largest absolute Gasteiger partial charge is 0.473 e. The summed E-state index contributed by atoms with van der Waals surface area (Å²) in [5, 5.41) is 5.56. The zero-order chi connectivity index (χ0) is 19.3. The Morgan fingerprint density at radius 2 is 1.85 bits per heavy atom. The molecule has 140 valence electrons. The lowest BCUT2D eigenvalue weighted by Gasteiger charge is -2.23. The summed E-state index contributed by atoms with van der Waals surface area (Å²) in [6, 6.07) is 13.4. The minimum absolute atomic E-state index is 0.0315. The number of ether oxygens (including phenoxy) is 1. The van der Waals surface area contributed by atoms with E-state index in [0.29, 0.717) is 0 Å². The number of hydrogen-bond donors (Lipinski definition) is 2. The molecule has 0 atom stereocenters. The van der Waals surface area contributed by atoms with Crippen LogP contribution in [0.3, 0.4) is 0 Å². The Morgan fingerprint density at radius 3 is 2.50 bits per heavy atom. The highest BCUT2D eigenvalue weighted by molar-refractivity contribution is 5.89. The highest BCUT2D eigenvalue weighted by Crippen LogP contribution is 2.32. The second-order valence-electron chi connectivity index (χ2n) is 7.61. The summed E-state index contributed by atoms with van der Waals surface area (Å²) in [4.78, 5) is 14.1. The van der Waals surface area contributed by atoms with Crippen molar-refractivity contribution in [3.05, 3.63) is 53.6 Å². The van der Waals surface area contributed by atoms with E-state index >= 15 is 0 Å². The van der Waals surface area contributed by atoms with Gasteiger partial charge in [-0.1, -0.05) is 44.5 Å². The van der Waals surface area contributed by atoms with Crippen molar-refractivity contribution in [1.82, 2.24) is 5.32 Å². The van der Waals surface area contributed by atoms with E-state index in [4.69, 9.17) is 4.74 Å². The lowest BCUT2D eigenvalue weighted by Crippen LogP contribution is -2.32. The minimum atomic E-state index is -0.301. The van der Waals surface area contributed by atoms with Crippen molar-refractivity contribution in [3.8, 4) is 5.75 Å². The van der Waals surface area contributed by atoms with E-state index in [1.807, 2.05) is 55.4 Å². The molecule has 0 heterocycles. The summed E-state index contributed by atoms with van der Waals surface area (Å²) in [7, 11) is 3.92. The predicted molar refractivity (Wildman–Crippen MR) is 108 cm³/mol. The Kier molecular flexibility index (Phi) is 6.14. The summed E-state index contributed by atoms with van der Waals surface area (Å²) in [5.41, 5.74) is 4.04. The van der Waals surface area contributed by atoms with Gasteiger partial charge >= 0.3 is 6.03 Å². The van der Waals surface area contributed by atoms with E-state index in [-0.39, 0.29) is 18.2 Å². The molecular weight excluding hydrogens is 326 g/mol. The Hall–Kier alpha value is -2.69. The summed E-state index contributed by atoms with van der Waals surface area (Å²) < 4.78 is 5.81. The molecule has 26 heavy (non-hydrogen) atoms. The highest BCUT2D eigenvalue weighted by atomic mass is 16.5. The van der Waals surface area contributed by atoms with Gasteiger partial charge < -0.3 is 20.3 Å². The van der Waals surface area contributed by atoms with Crippen LogP contribution >= 0.6 is 0 Å². The van der Waals surface area contributed by atoms with Crippen molar-refractivity contribution in [2.75, 3.05) is 31.0 Å². The number of benzene rings is 2. The summed E-state index contributed by atoms with van der Waals surface area (Å²) in [6.07, 6.45) is 0. The third-order valence-electron chi connectivity index (χ3n) is 4.02. The quantitative estimate of drug-likeness (QED) is 0.776. The third kappa shape index (κ3) is 5.41. The number of hydrogen-bond acceptors (Lipinski definition) is 3. The highest BCUT2D eigenvalue weighted by Gasteiger charge is 2.19. The molecule has 0 aromatic heterocycles. The van der Waals surface area contributed by atoms with Gasteiger partial charge in [0.1, 0.15) is 5.75 Å². The van der Waals surface area contributed by atoms with Crippen molar-refractivity contribution >= 4 is 17.4 Å². The first-order chi connectivity index (χ1) is 12.2. The van der Waals surface area contributed by atoms with E-state index in [1.165, 1.54) is 5.56 Å². The van der Waals surface area contributed by atoms with Gasteiger partial charge in [0.25, 0.3) is 0 Å². The Balaban J connectivity index is 1.94. The smallest absolute Gasteiger partial charge is 0.321 e. The third-order valence-corrected chi connectivity index (χ3v) is 4.02. The molecule has 2 amide bonds. The van der Waals surface area contributed by atoms with Gasteiger partial charge in [-0.05, 0) is 42.2 Å². The van der Waals surface area contributed by atoms with Crippen LogP contribution in [-0.2, 0) is 5.41 Å². The van der Waals surface area contributed by atoms with Gasteiger partial charge in [0.2, 0.25) is 0 Å². The Bertz CT molecular complexity index is 764. The van der Waals surface area contributed by atoms with E-state index in [0.717, 1.165) is 22.7 Å². The predicted octanol–water partition coefficient (Wildman–Crippen LogP) is 4.52. The van der Waals surface area contributed by atoms with Gasteiger partial charge in [0.05, 0.1) is 0 Å². The van der Waals surface area contributed by atoms with Crippen LogP contribution < -0.4 is 20.3 Å². The second kappa shape index (κ2) is 8.13. The fourth-order valence-corrected chi connectivity index (χ4v) is 2.57. The number of urea groups is 1. The van der Waals surface area contributed by atoms with Gasteiger partial charge in [-0.25, -0.2) is 4.79 Å². The molecule has 0 saturated heterocycles. The SMILES string of the molecule is Cc1ccc(OCNC(=O)Nc2cccc(N(C)C)c2)c(C(C)(C)C)c1. The molecule has 0 unspecified atom stereocenters. The number of carbonyl (C=O) groups is 1. The molecule has 0 aliphatic rings. The molecule has 0 aliphatic heterocycles. The Morgan fingerprint density at radius 1 is 1.12 bits per heavy atom. The number of anilines is 2. The molecule has 2 aromatic rings. The normalized spacial score (nSPS) is 11.0. The molecule has 0 radical (unpaired) electrons. The average Bonchev–Trinajstić information content (AvgIpc) is 2.55. The van der Waals surface area contributed by atoms with Crippen molar-refractivity contribution in [3.63, 3.8) is 0 Å². The van der Waals surface area contributed by atoms with Crippen LogP contribution in [-0.4, -0.2) is 26.9 Å². The fraction of sp³-hybridized carbons (Fsp3) is 0.381. The molecule has 0 aliphatic carbocycles. The van der Waals surface area contributed by atoms with Crippen LogP contribution in [0, 0.1) is 6.92 Å². The van der Waals surface area contributed by atoms with Crippen molar-refractivity contribution < 1.29 is 9.53 Å². The first kappa shape index (κ1) is 19.6. The summed E-state index contributed by atoms with van der Waals surface area (Å²) in [6.45, 7) is 8.60. The number of aryl methyl sites for hydroxylation is 1. The standard InChI is InChI=1S/C21H29N3O2/c1-15-10-11-19(18(12-15)21(2,3)4)26-14-22-20(25)23-16-8-7-9-17(13-16)24(5)6/h7-13H,14H2,1-6H3,(H2,22,23,25). The lowest BCUT2D eigenvalue weighted by molar-refractivity contribution is 0.233. The minimum Gasteiger partial charge on any atom is -0.473 e. The van der Waals surface area contributed by atoms with Gasteiger partial charge in [-0.15, -0.1) is 0 Å².